The summed E-state index contributed by atoms with van der Waals surface area (Å²) < 4.78 is 0. The average molecular weight is 294 g/mol. The topological polar surface area (TPSA) is 62.3 Å². The molecule has 2 heterocycles. The van der Waals surface area contributed by atoms with Gasteiger partial charge in [0.05, 0.1) is 16.6 Å². The first-order chi connectivity index (χ1) is 9.66. The summed E-state index contributed by atoms with van der Waals surface area (Å²) >= 11 is 6.04. The smallest absolute Gasteiger partial charge is 0.256 e. The lowest BCUT2D eigenvalue weighted by molar-refractivity contribution is -0.127. The molecule has 1 N–H and O–H groups in total. The Labute approximate surface area is 122 Å². The van der Waals surface area contributed by atoms with E-state index >= 15 is 0 Å². The number of rotatable bonds is 1. The van der Waals surface area contributed by atoms with Crippen molar-refractivity contribution < 1.29 is 9.59 Å². The van der Waals surface area contributed by atoms with Crippen LogP contribution in [-0.4, -0.2) is 40.3 Å². The molecular formula is C14H16ClN3O2. The number of aromatic nitrogens is 1. The van der Waals surface area contributed by atoms with Gasteiger partial charge in [0.25, 0.3) is 5.91 Å². The van der Waals surface area contributed by atoms with Crippen LogP contribution in [0.5, 0.6) is 0 Å². The lowest BCUT2D eigenvalue weighted by atomic mass is 9.87. The highest BCUT2D eigenvalue weighted by Gasteiger charge is 2.39. The molecule has 6 heteroatoms. The summed E-state index contributed by atoms with van der Waals surface area (Å²) in [4.78, 5) is 30.0. The van der Waals surface area contributed by atoms with Crippen molar-refractivity contribution in [2.24, 2.45) is 0 Å². The molecule has 3 rings (SSSR count). The Balaban J connectivity index is 1.89. The summed E-state index contributed by atoms with van der Waals surface area (Å²) in [6, 6.07) is 1.77. The second kappa shape index (κ2) is 5.40. The molecule has 0 radical (unpaired) electrons. The summed E-state index contributed by atoms with van der Waals surface area (Å²) in [7, 11) is 0. The molecule has 2 aliphatic rings. The zero-order chi connectivity index (χ0) is 14.1. The minimum absolute atomic E-state index is 0.0783. The Kier molecular flexibility index (Phi) is 3.61. The fourth-order valence-electron chi connectivity index (χ4n) is 3.10. The summed E-state index contributed by atoms with van der Waals surface area (Å²) in [5.41, 5.74) is 0.417. The highest BCUT2D eigenvalue weighted by Crippen LogP contribution is 2.28. The van der Waals surface area contributed by atoms with E-state index in [0.29, 0.717) is 10.6 Å². The highest BCUT2D eigenvalue weighted by molar-refractivity contribution is 6.33. The van der Waals surface area contributed by atoms with Crippen molar-refractivity contribution in [3.8, 4) is 0 Å². The minimum atomic E-state index is -0.177. The first-order valence-corrected chi connectivity index (χ1v) is 7.24. The predicted octanol–water partition coefficient (Wildman–Crippen LogP) is 1.62. The predicted molar refractivity (Wildman–Crippen MR) is 74.5 cm³/mol. The number of fused-ring (bicyclic) bond motifs is 1. The van der Waals surface area contributed by atoms with E-state index in [4.69, 9.17) is 11.6 Å². The van der Waals surface area contributed by atoms with Crippen LogP contribution in [-0.2, 0) is 4.79 Å². The van der Waals surface area contributed by atoms with Gasteiger partial charge in [-0.3, -0.25) is 14.6 Å². The van der Waals surface area contributed by atoms with Gasteiger partial charge in [0, 0.05) is 18.4 Å². The third-order valence-electron chi connectivity index (χ3n) is 4.05. The van der Waals surface area contributed by atoms with E-state index in [1.165, 1.54) is 6.20 Å². The van der Waals surface area contributed by atoms with Gasteiger partial charge >= 0.3 is 0 Å². The van der Waals surface area contributed by atoms with E-state index in [9.17, 15) is 9.59 Å². The molecule has 20 heavy (non-hydrogen) atoms. The number of carbonyl (C=O) groups excluding carboxylic acids is 2. The standard InChI is InChI=1S/C14H16ClN3O2/c15-10-7-16-6-5-9(10)14(20)18-8-13(19)17-11-3-1-2-4-12(11)18/h5-7,11-12H,1-4,8H2,(H,17,19)/t11-,12-/m1/s1. The molecule has 106 valence electrons. The molecule has 1 saturated carbocycles. The van der Waals surface area contributed by atoms with Crippen LogP contribution in [0.1, 0.15) is 36.0 Å². The molecule has 0 unspecified atom stereocenters. The maximum absolute atomic E-state index is 12.7. The van der Waals surface area contributed by atoms with Crippen LogP contribution < -0.4 is 5.32 Å². The van der Waals surface area contributed by atoms with Crippen molar-refractivity contribution in [2.45, 2.75) is 37.8 Å². The number of hydrogen-bond donors (Lipinski definition) is 1. The van der Waals surface area contributed by atoms with E-state index in [1.807, 2.05) is 0 Å². The van der Waals surface area contributed by atoms with Crippen molar-refractivity contribution >= 4 is 23.4 Å². The maximum Gasteiger partial charge on any atom is 0.256 e. The van der Waals surface area contributed by atoms with E-state index in [0.717, 1.165) is 25.7 Å². The summed E-state index contributed by atoms with van der Waals surface area (Å²) in [6.07, 6.45) is 7.05. The molecule has 1 aliphatic carbocycles. The summed E-state index contributed by atoms with van der Waals surface area (Å²) in [6.45, 7) is 0.110. The van der Waals surface area contributed by atoms with Crippen molar-refractivity contribution in [3.05, 3.63) is 29.0 Å². The number of carbonyl (C=O) groups is 2. The van der Waals surface area contributed by atoms with Crippen LogP contribution in [0.3, 0.4) is 0 Å². The number of piperazine rings is 1. The first-order valence-electron chi connectivity index (χ1n) is 6.86. The monoisotopic (exact) mass is 293 g/mol. The SMILES string of the molecule is O=C1CN(C(=O)c2ccncc2Cl)[C@@H]2CCCC[C@H]2N1. The lowest BCUT2D eigenvalue weighted by Gasteiger charge is -2.44. The number of nitrogens with one attached hydrogen (secondary N) is 1. The van der Waals surface area contributed by atoms with E-state index in [1.54, 1.807) is 17.2 Å². The van der Waals surface area contributed by atoms with Gasteiger partial charge in [0.15, 0.2) is 0 Å². The zero-order valence-electron chi connectivity index (χ0n) is 11.0. The number of pyridine rings is 1. The second-order valence-electron chi connectivity index (χ2n) is 5.31. The fraction of sp³-hybridized carbons (Fsp3) is 0.500. The zero-order valence-corrected chi connectivity index (χ0v) is 11.8. The molecule has 1 saturated heterocycles. The Bertz CT molecular complexity index is 549. The Morgan fingerprint density at radius 1 is 1.40 bits per heavy atom. The third-order valence-corrected chi connectivity index (χ3v) is 4.36. The molecule has 2 fully saturated rings. The summed E-state index contributed by atoms with van der Waals surface area (Å²) in [5.74, 6) is -0.268. The number of halogens is 1. The molecule has 0 aromatic carbocycles. The normalized spacial score (nSPS) is 25.9. The van der Waals surface area contributed by atoms with Gasteiger partial charge in [0.1, 0.15) is 6.54 Å². The maximum atomic E-state index is 12.7. The van der Waals surface area contributed by atoms with E-state index < -0.39 is 0 Å². The van der Waals surface area contributed by atoms with Gasteiger partial charge in [0.2, 0.25) is 5.91 Å². The molecule has 5 nitrogen and oxygen atoms in total. The minimum Gasteiger partial charge on any atom is -0.350 e. The molecular weight excluding hydrogens is 278 g/mol. The molecule has 1 aromatic rings. The van der Waals surface area contributed by atoms with E-state index in [2.05, 4.69) is 10.3 Å². The highest BCUT2D eigenvalue weighted by atomic mass is 35.5. The van der Waals surface area contributed by atoms with Crippen LogP contribution in [0.4, 0.5) is 0 Å². The van der Waals surface area contributed by atoms with Gasteiger partial charge in [-0.15, -0.1) is 0 Å². The van der Waals surface area contributed by atoms with Gasteiger partial charge in [-0.2, -0.15) is 0 Å². The van der Waals surface area contributed by atoms with Crippen LogP contribution >= 0.6 is 11.6 Å². The fourth-order valence-corrected chi connectivity index (χ4v) is 3.30. The Morgan fingerprint density at radius 2 is 2.20 bits per heavy atom. The van der Waals surface area contributed by atoms with Crippen LogP contribution in [0.25, 0.3) is 0 Å². The quantitative estimate of drug-likeness (QED) is 0.856. The first kappa shape index (κ1) is 13.4. The van der Waals surface area contributed by atoms with Crippen LogP contribution in [0, 0.1) is 0 Å². The largest absolute Gasteiger partial charge is 0.350 e. The van der Waals surface area contributed by atoms with Gasteiger partial charge in [-0.05, 0) is 18.9 Å². The van der Waals surface area contributed by atoms with Crippen LogP contribution in [0.15, 0.2) is 18.5 Å². The van der Waals surface area contributed by atoms with Crippen molar-refractivity contribution in [1.82, 2.24) is 15.2 Å². The second-order valence-corrected chi connectivity index (χ2v) is 5.72. The molecule has 2 atom stereocenters. The lowest BCUT2D eigenvalue weighted by Crippen LogP contribution is -2.62. The third kappa shape index (κ3) is 2.38. The Hall–Kier alpha value is -1.62. The number of amides is 2. The Morgan fingerprint density at radius 3 is 3.00 bits per heavy atom. The average Bonchev–Trinajstić information content (AvgIpc) is 2.46. The van der Waals surface area contributed by atoms with Crippen molar-refractivity contribution in [2.75, 3.05) is 6.54 Å². The molecule has 0 spiro atoms. The van der Waals surface area contributed by atoms with Gasteiger partial charge in [-0.1, -0.05) is 24.4 Å². The molecule has 0 bridgehead atoms. The molecule has 2 amide bonds. The summed E-state index contributed by atoms with van der Waals surface area (Å²) in [5, 5.41) is 3.32. The van der Waals surface area contributed by atoms with Crippen molar-refractivity contribution in [3.63, 3.8) is 0 Å². The van der Waals surface area contributed by atoms with Gasteiger partial charge in [-0.25, -0.2) is 0 Å². The van der Waals surface area contributed by atoms with Crippen LogP contribution in [0.2, 0.25) is 5.02 Å². The van der Waals surface area contributed by atoms with Crippen molar-refractivity contribution in [1.29, 1.82) is 0 Å². The van der Waals surface area contributed by atoms with E-state index in [-0.39, 0.29) is 30.4 Å². The number of hydrogen-bond acceptors (Lipinski definition) is 3. The number of nitrogens with zero attached hydrogens (tertiary/aromatic N) is 2. The molecule has 1 aliphatic heterocycles. The van der Waals surface area contributed by atoms with Gasteiger partial charge < -0.3 is 10.2 Å². The molecule has 1 aromatic heterocycles.